The van der Waals surface area contributed by atoms with Crippen molar-refractivity contribution in [3.63, 3.8) is 0 Å². The first-order chi connectivity index (χ1) is 9.47. The molecule has 3 N–H and O–H groups in total. The number of benzene rings is 1. The van der Waals surface area contributed by atoms with Crippen LogP contribution in [0.5, 0.6) is 0 Å². The van der Waals surface area contributed by atoms with Crippen LogP contribution in [-0.2, 0) is 6.54 Å². The number of thiophene rings is 1. The Morgan fingerprint density at radius 3 is 2.55 bits per heavy atom. The first kappa shape index (κ1) is 14.4. The highest BCUT2D eigenvalue weighted by Crippen LogP contribution is 2.30. The van der Waals surface area contributed by atoms with Crippen molar-refractivity contribution in [1.82, 2.24) is 4.90 Å². The molecule has 0 saturated carbocycles. The molecule has 2 rings (SSSR count). The number of nitrogens with two attached hydrogens (primary N) is 1. The van der Waals surface area contributed by atoms with E-state index < -0.39 is 0 Å². The molecule has 0 spiro atoms. The highest BCUT2D eigenvalue weighted by Gasteiger charge is 2.15. The maximum atomic E-state index is 11.9. The van der Waals surface area contributed by atoms with Crippen molar-refractivity contribution in [2.24, 2.45) is 0 Å². The topological polar surface area (TPSA) is 58.4 Å². The highest BCUT2D eigenvalue weighted by atomic mass is 32.1. The van der Waals surface area contributed by atoms with Crippen LogP contribution in [0.1, 0.15) is 20.8 Å². The third kappa shape index (κ3) is 3.30. The molecular weight excluding hydrogens is 270 g/mol. The van der Waals surface area contributed by atoms with Crippen molar-refractivity contribution < 1.29 is 4.79 Å². The average molecular weight is 289 g/mol. The molecular formula is C15H19N3OS. The van der Waals surface area contributed by atoms with Crippen LogP contribution in [0.2, 0.25) is 0 Å². The van der Waals surface area contributed by atoms with E-state index >= 15 is 0 Å². The van der Waals surface area contributed by atoms with Gasteiger partial charge in [-0.3, -0.25) is 4.79 Å². The van der Waals surface area contributed by atoms with Gasteiger partial charge in [0.05, 0.1) is 10.7 Å². The smallest absolute Gasteiger partial charge is 0.265 e. The third-order valence-electron chi connectivity index (χ3n) is 2.95. The number of amides is 1. The summed E-state index contributed by atoms with van der Waals surface area (Å²) < 4.78 is 0. The Hall–Kier alpha value is -2.01. The monoisotopic (exact) mass is 289 g/mol. The second kappa shape index (κ2) is 5.96. The number of rotatable bonds is 4. The van der Waals surface area contributed by atoms with Gasteiger partial charge in [-0.15, -0.1) is 11.3 Å². The van der Waals surface area contributed by atoms with E-state index in [-0.39, 0.29) is 5.91 Å². The zero-order chi connectivity index (χ0) is 14.7. The number of hydrogen-bond acceptors (Lipinski definition) is 4. The van der Waals surface area contributed by atoms with Gasteiger partial charge in [-0.25, -0.2) is 0 Å². The predicted molar refractivity (Wildman–Crippen MR) is 85.3 cm³/mol. The highest BCUT2D eigenvalue weighted by molar-refractivity contribution is 7.18. The number of carbonyl (C=O) groups excluding carboxylic acids is 1. The van der Waals surface area contributed by atoms with Gasteiger partial charge in [0.2, 0.25) is 0 Å². The molecule has 1 aromatic carbocycles. The van der Waals surface area contributed by atoms with Gasteiger partial charge in [0, 0.05) is 20.6 Å². The molecule has 0 atom stereocenters. The van der Waals surface area contributed by atoms with Crippen LogP contribution in [0.25, 0.3) is 0 Å². The fourth-order valence-electron chi connectivity index (χ4n) is 1.76. The lowest BCUT2D eigenvalue weighted by molar-refractivity contribution is 0.0833. The SMILES string of the molecule is Cc1ccc(CNc2cc(N)c(C(=O)N(C)C)s2)cc1. The van der Waals surface area contributed by atoms with Crippen LogP contribution in [0.3, 0.4) is 0 Å². The first-order valence-corrected chi connectivity index (χ1v) is 7.19. The molecule has 106 valence electrons. The van der Waals surface area contributed by atoms with Crippen molar-refractivity contribution in [2.75, 3.05) is 25.1 Å². The minimum absolute atomic E-state index is 0.0594. The summed E-state index contributed by atoms with van der Waals surface area (Å²) in [5.74, 6) is -0.0594. The summed E-state index contributed by atoms with van der Waals surface area (Å²) in [5, 5.41) is 4.21. The Morgan fingerprint density at radius 2 is 1.95 bits per heavy atom. The van der Waals surface area contributed by atoms with Gasteiger partial charge in [0.1, 0.15) is 4.88 Å². The lowest BCUT2D eigenvalue weighted by Crippen LogP contribution is -2.21. The number of aryl methyl sites for hydroxylation is 1. The maximum Gasteiger partial charge on any atom is 0.265 e. The number of hydrogen-bond donors (Lipinski definition) is 2. The molecule has 20 heavy (non-hydrogen) atoms. The number of anilines is 2. The summed E-state index contributed by atoms with van der Waals surface area (Å²) in [7, 11) is 3.45. The summed E-state index contributed by atoms with van der Waals surface area (Å²) in [4.78, 5) is 14.0. The van der Waals surface area contributed by atoms with Gasteiger partial charge >= 0.3 is 0 Å². The second-order valence-electron chi connectivity index (χ2n) is 4.93. The van der Waals surface area contributed by atoms with Crippen LogP contribution in [-0.4, -0.2) is 24.9 Å². The average Bonchev–Trinajstić information content (AvgIpc) is 2.78. The molecule has 5 heteroatoms. The Morgan fingerprint density at radius 1 is 1.30 bits per heavy atom. The predicted octanol–water partition coefficient (Wildman–Crippen LogP) is 2.95. The minimum Gasteiger partial charge on any atom is -0.397 e. The standard InChI is InChI=1S/C15H19N3OS/c1-10-4-6-11(7-5-10)9-17-13-8-12(16)14(20-13)15(19)18(2)3/h4-8,17H,9,16H2,1-3H3. The molecule has 1 heterocycles. The Labute approximate surface area is 123 Å². The van der Waals surface area contributed by atoms with Gasteiger partial charge in [-0.1, -0.05) is 29.8 Å². The molecule has 0 radical (unpaired) electrons. The van der Waals surface area contributed by atoms with Gasteiger partial charge < -0.3 is 16.0 Å². The molecule has 0 saturated heterocycles. The van der Waals surface area contributed by atoms with Crippen molar-refractivity contribution >= 4 is 27.9 Å². The quantitative estimate of drug-likeness (QED) is 0.910. The Kier molecular flexibility index (Phi) is 4.29. The lowest BCUT2D eigenvalue weighted by atomic mass is 10.1. The zero-order valence-corrected chi connectivity index (χ0v) is 12.8. The molecule has 0 aliphatic rings. The van der Waals surface area contributed by atoms with Gasteiger partial charge in [-0.2, -0.15) is 0 Å². The van der Waals surface area contributed by atoms with Crippen molar-refractivity contribution in [1.29, 1.82) is 0 Å². The lowest BCUT2D eigenvalue weighted by Gasteiger charge is -2.08. The van der Waals surface area contributed by atoms with E-state index in [9.17, 15) is 4.79 Å². The fourth-order valence-corrected chi connectivity index (χ4v) is 2.75. The Bertz CT molecular complexity index is 602. The van der Waals surface area contributed by atoms with E-state index in [1.807, 2.05) is 6.07 Å². The third-order valence-corrected chi connectivity index (χ3v) is 4.05. The van der Waals surface area contributed by atoms with Gasteiger partial charge in [-0.05, 0) is 18.6 Å². The first-order valence-electron chi connectivity index (χ1n) is 6.37. The van der Waals surface area contributed by atoms with E-state index in [2.05, 4.69) is 36.5 Å². The zero-order valence-electron chi connectivity index (χ0n) is 11.9. The Balaban J connectivity index is 2.05. The minimum atomic E-state index is -0.0594. The van der Waals surface area contributed by atoms with Crippen LogP contribution in [0, 0.1) is 6.92 Å². The summed E-state index contributed by atoms with van der Waals surface area (Å²) in [6.45, 7) is 2.78. The van der Waals surface area contributed by atoms with Crippen molar-refractivity contribution in [3.8, 4) is 0 Å². The van der Waals surface area contributed by atoms with Crippen molar-refractivity contribution in [2.45, 2.75) is 13.5 Å². The van der Waals surface area contributed by atoms with E-state index in [1.54, 1.807) is 14.1 Å². The summed E-state index contributed by atoms with van der Waals surface area (Å²) >= 11 is 1.39. The number of nitrogens with one attached hydrogen (secondary N) is 1. The van der Waals surface area contributed by atoms with Gasteiger partial charge in [0.25, 0.3) is 5.91 Å². The maximum absolute atomic E-state index is 11.9. The molecule has 4 nitrogen and oxygen atoms in total. The largest absolute Gasteiger partial charge is 0.397 e. The molecule has 0 unspecified atom stereocenters. The molecule has 0 fully saturated rings. The molecule has 2 aromatic rings. The molecule has 0 bridgehead atoms. The van der Waals surface area contributed by atoms with E-state index in [0.29, 0.717) is 10.6 Å². The second-order valence-corrected chi connectivity index (χ2v) is 5.99. The normalized spacial score (nSPS) is 10.3. The number of carbonyl (C=O) groups is 1. The molecule has 0 aliphatic carbocycles. The molecule has 0 aliphatic heterocycles. The van der Waals surface area contributed by atoms with Crippen molar-refractivity contribution in [3.05, 3.63) is 46.3 Å². The fraction of sp³-hybridized carbons (Fsp3) is 0.267. The van der Waals surface area contributed by atoms with Crippen LogP contribution >= 0.6 is 11.3 Å². The van der Waals surface area contributed by atoms with E-state index in [0.717, 1.165) is 11.5 Å². The summed E-state index contributed by atoms with van der Waals surface area (Å²) in [6.07, 6.45) is 0. The van der Waals surface area contributed by atoms with Crippen LogP contribution in [0.4, 0.5) is 10.7 Å². The van der Waals surface area contributed by atoms with Crippen LogP contribution < -0.4 is 11.1 Å². The number of nitrogens with zero attached hydrogens (tertiary/aromatic N) is 1. The molecule has 1 aromatic heterocycles. The van der Waals surface area contributed by atoms with E-state index in [4.69, 9.17) is 5.73 Å². The van der Waals surface area contributed by atoms with Gasteiger partial charge in [0.15, 0.2) is 0 Å². The van der Waals surface area contributed by atoms with E-state index in [1.165, 1.54) is 27.4 Å². The number of nitrogen functional groups attached to an aromatic ring is 1. The summed E-state index contributed by atoms with van der Waals surface area (Å²) in [6, 6.07) is 10.2. The summed E-state index contributed by atoms with van der Waals surface area (Å²) in [5.41, 5.74) is 8.86. The van der Waals surface area contributed by atoms with Crippen LogP contribution in [0.15, 0.2) is 30.3 Å². The molecule has 1 amide bonds.